The largest absolute Gasteiger partial charge is 0.441 e. The molecule has 5 heteroatoms. The molecule has 4 nitrogen and oxygen atoms in total. The van der Waals surface area contributed by atoms with Crippen molar-refractivity contribution >= 4 is 18.5 Å². The molecule has 0 aromatic carbocycles. The van der Waals surface area contributed by atoms with Gasteiger partial charge in [-0.25, -0.2) is 4.79 Å². The molecule has 1 aliphatic carbocycles. The van der Waals surface area contributed by atoms with Crippen LogP contribution in [-0.2, 0) is 4.74 Å². The Kier molecular flexibility index (Phi) is 1.98. The van der Waals surface area contributed by atoms with Gasteiger partial charge in [-0.1, -0.05) is 0 Å². The summed E-state index contributed by atoms with van der Waals surface area (Å²) in [6, 6.07) is 0.229. The molecule has 11 heavy (non-hydrogen) atoms. The third kappa shape index (κ3) is 1.28. The minimum atomic E-state index is -0.299. The van der Waals surface area contributed by atoms with E-state index in [4.69, 9.17) is 10.5 Å². The number of alkyl carbamates (subject to hydrolysis) is 1. The molecule has 2 aliphatic rings. The Morgan fingerprint density at radius 3 is 2.64 bits per heavy atom. The zero-order valence-corrected chi connectivity index (χ0v) is 6.82. The van der Waals surface area contributed by atoms with E-state index in [1.165, 1.54) is 0 Å². The van der Waals surface area contributed by atoms with Gasteiger partial charge in [0.1, 0.15) is 5.60 Å². The lowest BCUT2D eigenvalue weighted by Gasteiger charge is -2.40. The van der Waals surface area contributed by atoms with Crippen molar-refractivity contribution < 1.29 is 9.53 Å². The predicted octanol–water partition coefficient (Wildman–Crippen LogP) is 0.00790. The SMILES string of the molecule is Cl.NC1CC2(CNC(=O)O2)C1. The van der Waals surface area contributed by atoms with E-state index in [2.05, 4.69) is 5.32 Å². The smallest absolute Gasteiger partial charge is 0.407 e. The maximum Gasteiger partial charge on any atom is 0.407 e. The molecule has 0 aromatic heterocycles. The van der Waals surface area contributed by atoms with Crippen LogP contribution in [0.5, 0.6) is 0 Å². The normalized spacial score (nSPS) is 40.5. The summed E-state index contributed by atoms with van der Waals surface area (Å²) < 4.78 is 5.03. The van der Waals surface area contributed by atoms with Crippen LogP contribution in [0.15, 0.2) is 0 Å². The Morgan fingerprint density at radius 2 is 2.27 bits per heavy atom. The topological polar surface area (TPSA) is 64.3 Å². The molecule has 1 saturated heterocycles. The second-order valence-electron chi connectivity index (χ2n) is 3.09. The Labute approximate surface area is 70.9 Å². The summed E-state index contributed by atoms with van der Waals surface area (Å²) in [5.74, 6) is 0. The Hall–Kier alpha value is -0.480. The first-order chi connectivity index (χ1) is 4.70. The van der Waals surface area contributed by atoms with Crippen LogP contribution in [0, 0.1) is 0 Å². The van der Waals surface area contributed by atoms with E-state index in [1.807, 2.05) is 0 Å². The molecule has 0 bridgehead atoms. The summed E-state index contributed by atoms with van der Waals surface area (Å²) in [5.41, 5.74) is 5.33. The number of hydrogen-bond acceptors (Lipinski definition) is 3. The summed E-state index contributed by atoms with van der Waals surface area (Å²) in [5, 5.41) is 2.62. The van der Waals surface area contributed by atoms with Crippen LogP contribution in [0.1, 0.15) is 12.8 Å². The molecule has 2 fully saturated rings. The van der Waals surface area contributed by atoms with Crippen molar-refractivity contribution in [2.24, 2.45) is 5.73 Å². The average Bonchev–Trinajstić information content (AvgIpc) is 2.10. The van der Waals surface area contributed by atoms with Gasteiger partial charge in [0.25, 0.3) is 0 Å². The molecule has 2 rings (SSSR count). The number of nitrogens with two attached hydrogens (primary N) is 1. The lowest BCUT2D eigenvalue weighted by atomic mass is 9.76. The fourth-order valence-electron chi connectivity index (χ4n) is 1.63. The monoisotopic (exact) mass is 178 g/mol. The lowest BCUT2D eigenvalue weighted by Crippen LogP contribution is -2.53. The fraction of sp³-hybridized carbons (Fsp3) is 0.833. The van der Waals surface area contributed by atoms with Crippen LogP contribution in [0.25, 0.3) is 0 Å². The number of nitrogens with one attached hydrogen (secondary N) is 1. The Bertz CT molecular complexity index is 179. The van der Waals surface area contributed by atoms with Crippen molar-refractivity contribution in [2.45, 2.75) is 24.5 Å². The second-order valence-corrected chi connectivity index (χ2v) is 3.09. The lowest BCUT2D eigenvalue weighted by molar-refractivity contribution is -0.0195. The van der Waals surface area contributed by atoms with Crippen LogP contribution in [0.3, 0.4) is 0 Å². The van der Waals surface area contributed by atoms with Crippen LogP contribution in [-0.4, -0.2) is 24.3 Å². The highest BCUT2D eigenvalue weighted by Crippen LogP contribution is 2.36. The van der Waals surface area contributed by atoms with E-state index >= 15 is 0 Å². The third-order valence-electron chi connectivity index (χ3n) is 2.13. The van der Waals surface area contributed by atoms with Crippen LogP contribution in [0.2, 0.25) is 0 Å². The van der Waals surface area contributed by atoms with Crippen molar-refractivity contribution in [3.8, 4) is 0 Å². The van der Waals surface area contributed by atoms with Crippen molar-refractivity contribution in [2.75, 3.05) is 6.54 Å². The fourth-order valence-corrected chi connectivity index (χ4v) is 1.63. The summed E-state index contributed by atoms with van der Waals surface area (Å²) in [6.45, 7) is 0.638. The molecule has 0 atom stereocenters. The number of rotatable bonds is 0. The standard InChI is InChI=1S/C6H10N2O2.ClH/c7-4-1-6(2-4)3-8-5(9)10-6;/h4H,1-3,7H2,(H,8,9);1H. The molecule has 64 valence electrons. The molecule has 1 heterocycles. The summed E-state index contributed by atoms with van der Waals surface area (Å²) >= 11 is 0. The summed E-state index contributed by atoms with van der Waals surface area (Å²) in [6.07, 6.45) is 1.32. The first-order valence-electron chi connectivity index (χ1n) is 3.43. The summed E-state index contributed by atoms with van der Waals surface area (Å²) in [4.78, 5) is 10.6. The van der Waals surface area contributed by atoms with Crippen LogP contribution >= 0.6 is 12.4 Å². The van der Waals surface area contributed by atoms with Gasteiger partial charge in [-0.3, -0.25) is 0 Å². The molecule has 0 aromatic rings. The molecule has 1 amide bonds. The number of halogens is 1. The van der Waals surface area contributed by atoms with Crippen LogP contribution in [0.4, 0.5) is 4.79 Å². The van der Waals surface area contributed by atoms with E-state index in [0.717, 1.165) is 12.8 Å². The zero-order valence-electron chi connectivity index (χ0n) is 6.00. The third-order valence-corrected chi connectivity index (χ3v) is 2.13. The number of carbonyl (C=O) groups excluding carboxylic acids is 1. The molecule has 1 aliphatic heterocycles. The molecule has 1 saturated carbocycles. The number of carbonyl (C=O) groups is 1. The molecule has 1 spiro atoms. The highest BCUT2D eigenvalue weighted by molar-refractivity contribution is 5.85. The van der Waals surface area contributed by atoms with Crippen LogP contribution < -0.4 is 11.1 Å². The average molecular weight is 179 g/mol. The zero-order chi connectivity index (χ0) is 7.19. The van der Waals surface area contributed by atoms with Gasteiger partial charge in [0.2, 0.25) is 0 Å². The minimum absolute atomic E-state index is 0. The van der Waals surface area contributed by atoms with Gasteiger partial charge in [0, 0.05) is 18.9 Å². The molecule has 3 N–H and O–H groups in total. The van der Waals surface area contributed by atoms with Gasteiger partial charge in [0.15, 0.2) is 0 Å². The quantitative estimate of drug-likeness (QED) is 0.549. The molecular formula is C6H11ClN2O2. The Morgan fingerprint density at radius 1 is 1.64 bits per heavy atom. The first-order valence-corrected chi connectivity index (χ1v) is 3.43. The Balaban J connectivity index is 0.000000605. The van der Waals surface area contributed by atoms with Gasteiger partial charge < -0.3 is 15.8 Å². The van der Waals surface area contributed by atoms with E-state index in [-0.39, 0.29) is 30.1 Å². The highest BCUT2D eigenvalue weighted by atomic mass is 35.5. The number of amides is 1. The van der Waals surface area contributed by atoms with Gasteiger partial charge in [-0.15, -0.1) is 12.4 Å². The maximum atomic E-state index is 10.6. The van der Waals surface area contributed by atoms with E-state index < -0.39 is 0 Å². The summed E-state index contributed by atoms with van der Waals surface area (Å²) in [7, 11) is 0. The van der Waals surface area contributed by atoms with E-state index in [1.54, 1.807) is 0 Å². The van der Waals surface area contributed by atoms with E-state index in [9.17, 15) is 4.79 Å². The van der Waals surface area contributed by atoms with Crippen molar-refractivity contribution in [3.63, 3.8) is 0 Å². The number of hydrogen-bond donors (Lipinski definition) is 2. The molecular weight excluding hydrogens is 168 g/mol. The van der Waals surface area contributed by atoms with Gasteiger partial charge in [0.05, 0.1) is 6.54 Å². The molecule has 0 radical (unpaired) electrons. The minimum Gasteiger partial charge on any atom is -0.441 e. The highest BCUT2D eigenvalue weighted by Gasteiger charge is 2.49. The van der Waals surface area contributed by atoms with Crippen molar-refractivity contribution in [1.29, 1.82) is 0 Å². The molecule has 0 unspecified atom stereocenters. The second kappa shape index (κ2) is 2.53. The van der Waals surface area contributed by atoms with Gasteiger partial charge in [-0.05, 0) is 0 Å². The maximum absolute atomic E-state index is 10.6. The number of ether oxygens (including phenoxy) is 1. The first kappa shape index (κ1) is 8.62. The van der Waals surface area contributed by atoms with Gasteiger partial charge in [-0.2, -0.15) is 0 Å². The van der Waals surface area contributed by atoms with Gasteiger partial charge >= 0.3 is 6.09 Å². The van der Waals surface area contributed by atoms with E-state index in [0.29, 0.717) is 6.54 Å². The van der Waals surface area contributed by atoms with Crippen molar-refractivity contribution in [3.05, 3.63) is 0 Å². The predicted molar refractivity (Wildman–Crippen MR) is 41.7 cm³/mol. The van der Waals surface area contributed by atoms with Crippen molar-refractivity contribution in [1.82, 2.24) is 5.32 Å².